The minimum Gasteiger partial charge on any atom is -0.367 e. The van der Waals surface area contributed by atoms with Crippen LogP contribution in [0.4, 0.5) is 0 Å². The highest BCUT2D eigenvalue weighted by Crippen LogP contribution is 2.24. The van der Waals surface area contributed by atoms with Gasteiger partial charge in [0.05, 0.1) is 6.04 Å². The average Bonchev–Trinajstić information content (AvgIpc) is 2.58. The van der Waals surface area contributed by atoms with E-state index in [1.165, 1.54) is 0 Å². The Morgan fingerprint density at radius 3 is 2.53 bits per heavy atom. The van der Waals surface area contributed by atoms with Gasteiger partial charge in [0.2, 0.25) is 0 Å². The summed E-state index contributed by atoms with van der Waals surface area (Å²) in [5.41, 5.74) is 2.16. The molecule has 1 N–H and O–H groups in total. The summed E-state index contributed by atoms with van der Waals surface area (Å²) in [7, 11) is 0. The molecule has 1 aliphatic rings. The van der Waals surface area contributed by atoms with Gasteiger partial charge in [-0.1, -0.05) is 23.7 Å². The number of allylic oxidation sites excluding steroid dienone is 2. The van der Waals surface area contributed by atoms with Gasteiger partial charge in [-0.2, -0.15) is 10.5 Å². The van der Waals surface area contributed by atoms with Crippen molar-refractivity contribution in [1.82, 2.24) is 5.32 Å². The fourth-order valence-corrected chi connectivity index (χ4v) is 2.07. The van der Waals surface area contributed by atoms with E-state index in [2.05, 4.69) is 10.3 Å². The van der Waals surface area contributed by atoms with Crippen molar-refractivity contribution in [1.29, 1.82) is 10.5 Å². The summed E-state index contributed by atoms with van der Waals surface area (Å²) in [5, 5.41) is 21.8. The van der Waals surface area contributed by atoms with Crippen LogP contribution in [0.5, 0.6) is 0 Å². The number of rotatable bonds is 1. The Bertz CT molecular complexity index is 629. The molecular weight excluding hydrogens is 260 g/mol. The molecule has 1 aromatic carbocycles. The SMILES string of the molecule is CC1=NC(C#N)=C(C#N)N[C@H](c2ccc(Cl)cc2)C1. The van der Waals surface area contributed by atoms with Gasteiger partial charge < -0.3 is 5.32 Å². The fraction of sp³-hybridized carbons (Fsp3) is 0.214. The molecule has 0 amide bonds. The standard InChI is InChI=1S/C14H11ClN4/c1-9-6-12(10-2-4-11(15)5-3-10)19-14(8-17)13(7-16)18-9/h2-5,12,19H,6H2,1H3/t12-/m0/s1. The van der Waals surface area contributed by atoms with Crippen molar-refractivity contribution in [2.75, 3.05) is 0 Å². The lowest BCUT2D eigenvalue weighted by Gasteiger charge is -2.17. The summed E-state index contributed by atoms with van der Waals surface area (Å²) in [4.78, 5) is 4.16. The van der Waals surface area contributed by atoms with E-state index in [0.29, 0.717) is 11.4 Å². The van der Waals surface area contributed by atoms with Crippen LogP contribution in [0.15, 0.2) is 40.7 Å². The summed E-state index contributed by atoms with van der Waals surface area (Å²) in [6, 6.07) is 11.3. The van der Waals surface area contributed by atoms with Crippen LogP contribution in [0.25, 0.3) is 0 Å². The van der Waals surface area contributed by atoms with Crippen LogP contribution in [0.1, 0.15) is 24.9 Å². The van der Waals surface area contributed by atoms with Crippen molar-refractivity contribution >= 4 is 17.3 Å². The van der Waals surface area contributed by atoms with Gasteiger partial charge in [0, 0.05) is 17.2 Å². The third-order valence-corrected chi connectivity index (χ3v) is 3.10. The summed E-state index contributed by atoms with van der Waals surface area (Å²) in [6.07, 6.45) is 0.637. The molecule has 4 nitrogen and oxygen atoms in total. The molecular formula is C14H11ClN4. The van der Waals surface area contributed by atoms with E-state index >= 15 is 0 Å². The van der Waals surface area contributed by atoms with Crippen molar-refractivity contribution in [2.45, 2.75) is 19.4 Å². The van der Waals surface area contributed by atoms with Gasteiger partial charge in [0.25, 0.3) is 0 Å². The zero-order chi connectivity index (χ0) is 13.8. The maximum Gasteiger partial charge on any atom is 0.174 e. The Morgan fingerprint density at radius 1 is 1.26 bits per heavy atom. The van der Waals surface area contributed by atoms with Crippen LogP contribution in [0, 0.1) is 22.7 Å². The Balaban J connectivity index is 2.39. The number of nitriles is 2. The first-order valence-corrected chi connectivity index (χ1v) is 6.12. The van der Waals surface area contributed by atoms with E-state index in [1.54, 1.807) is 12.1 Å². The van der Waals surface area contributed by atoms with Crippen LogP contribution in [0.2, 0.25) is 5.02 Å². The predicted molar refractivity (Wildman–Crippen MR) is 73.3 cm³/mol. The Kier molecular flexibility index (Phi) is 3.85. The van der Waals surface area contributed by atoms with Crippen molar-refractivity contribution < 1.29 is 0 Å². The number of benzene rings is 1. The highest BCUT2D eigenvalue weighted by molar-refractivity contribution is 6.30. The summed E-state index contributed by atoms with van der Waals surface area (Å²) >= 11 is 5.86. The zero-order valence-electron chi connectivity index (χ0n) is 10.3. The van der Waals surface area contributed by atoms with Gasteiger partial charge in [-0.15, -0.1) is 0 Å². The number of nitrogens with one attached hydrogen (secondary N) is 1. The molecule has 0 radical (unpaired) electrons. The molecule has 1 heterocycles. The van der Waals surface area contributed by atoms with Crippen LogP contribution >= 0.6 is 11.6 Å². The third-order valence-electron chi connectivity index (χ3n) is 2.85. The summed E-state index contributed by atoms with van der Waals surface area (Å²) in [5.74, 6) is 0. The van der Waals surface area contributed by atoms with Gasteiger partial charge in [0.15, 0.2) is 11.4 Å². The molecule has 19 heavy (non-hydrogen) atoms. The number of aliphatic imine (C=N–C) groups is 1. The topological polar surface area (TPSA) is 72.0 Å². The number of halogens is 1. The molecule has 94 valence electrons. The first kappa shape index (κ1) is 13.1. The lowest BCUT2D eigenvalue weighted by molar-refractivity contribution is 0.634. The number of nitrogens with zero attached hydrogens (tertiary/aromatic N) is 3. The second-order valence-electron chi connectivity index (χ2n) is 4.25. The highest BCUT2D eigenvalue weighted by atomic mass is 35.5. The van der Waals surface area contributed by atoms with E-state index in [1.807, 2.05) is 31.2 Å². The van der Waals surface area contributed by atoms with Crippen molar-refractivity contribution in [3.05, 3.63) is 46.2 Å². The van der Waals surface area contributed by atoms with E-state index in [9.17, 15) is 0 Å². The highest BCUT2D eigenvalue weighted by Gasteiger charge is 2.20. The molecule has 1 aromatic rings. The molecule has 0 saturated carbocycles. The van der Waals surface area contributed by atoms with Gasteiger partial charge in [-0.25, -0.2) is 4.99 Å². The maximum absolute atomic E-state index is 9.10. The van der Waals surface area contributed by atoms with Crippen LogP contribution < -0.4 is 5.32 Å². The van der Waals surface area contributed by atoms with E-state index in [-0.39, 0.29) is 17.4 Å². The second-order valence-corrected chi connectivity index (χ2v) is 4.68. The van der Waals surface area contributed by atoms with Gasteiger partial charge >= 0.3 is 0 Å². The van der Waals surface area contributed by atoms with E-state index in [4.69, 9.17) is 22.1 Å². The molecule has 0 bridgehead atoms. The molecule has 0 unspecified atom stereocenters. The predicted octanol–water partition coefficient (Wildman–Crippen LogP) is 3.09. The molecule has 2 rings (SSSR count). The molecule has 1 aliphatic heterocycles. The van der Waals surface area contributed by atoms with Crippen LogP contribution in [-0.4, -0.2) is 5.71 Å². The summed E-state index contributed by atoms with van der Waals surface area (Å²) in [6.45, 7) is 1.85. The van der Waals surface area contributed by atoms with Crippen LogP contribution in [0.3, 0.4) is 0 Å². The van der Waals surface area contributed by atoms with Crippen LogP contribution in [-0.2, 0) is 0 Å². The molecule has 0 fully saturated rings. The van der Waals surface area contributed by atoms with Crippen molar-refractivity contribution in [2.24, 2.45) is 4.99 Å². The monoisotopic (exact) mass is 270 g/mol. The zero-order valence-corrected chi connectivity index (χ0v) is 11.1. The lowest BCUT2D eigenvalue weighted by atomic mass is 10.0. The first-order chi connectivity index (χ1) is 9.13. The van der Waals surface area contributed by atoms with Gasteiger partial charge in [-0.05, 0) is 24.6 Å². The smallest absolute Gasteiger partial charge is 0.174 e. The molecule has 0 aromatic heterocycles. The lowest BCUT2D eigenvalue weighted by Crippen LogP contribution is -2.21. The normalized spacial score (nSPS) is 18.7. The van der Waals surface area contributed by atoms with Gasteiger partial charge in [-0.3, -0.25) is 0 Å². The molecule has 1 atom stereocenters. The molecule has 0 spiro atoms. The largest absolute Gasteiger partial charge is 0.367 e. The third kappa shape index (κ3) is 2.93. The molecule has 0 saturated heterocycles. The maximum atomic E-state index is 9.10. The summed E-state index contributed by atoms with van der Waals surface area (Å²) < 4.78 is 0. The first-order valence-electron chi connectivity index (χ1n) is 5.74. The number of hydrogen-bond donors (Lipinski definition) is 1. The molecule has 0 aliphatic carbocycles. The van der Waals surface area contributed by atoms with Crippen molar-refractivity contribution in [3.8, 4) is 12.1 Å². The number of hydrogen-bond acceptors (Lipinski definition) is 4. The Morgan fingerprint density at radius 2 is 1.95 bits per heavy atom. The molecule has 5 heteroatoms. The fourth-order valence-electron chi connectivity index (χ4n) is 1.94. The quantitative estimate of drug-likeness (QED) is 0.852. The minimum absolute atomic E-state index is 0.0819. The van der Waals surface area contributed by atoms with E-state index in [0.717, 1.165) is 11.3 Å². The van der Waals surface area contributed by atoms with Gasteiger partial charge in [0.1, 0.15) is 12.1 Å². The van der Waals surface area contributed by atoms with Crippen molar-refractivity contribution in [3.63, 3.8) is 0 Å². The van der Waals surface area contributed by atoms with E-state index < -0.39 is 0 Å². The Labute approximate surface area is 116 Å². The minimum atomic E-state index is -0.0819. The Hall–Kier alpha value is -2.30. The average molecular weight is 271 g/mol. The second kappa shape index (κ2) is 5.56.